The minimum atomic E-state index is -0.334. The maximum atomic E-state index is 12.6. The van der Waals surface area contributed by atoms with Crippen molar-refractivity contribution in [3.8, 4) is 0 Å². The number of amides is 2. The van der Waals surface area contributed by atoms with Crippen molar-refractivity contribution >= 4 is 11.8 Å². The summed E-state index contributed by atoms with van der Waals surface area (Å²) < 4.78 is 1.63. The minimum Gasteiger partial charge on any atom is -0.354 e. The van der Waals surface area contributed by atoms with Crippen LogP contribution in [0, 0.1) is 0 Å². The van der Waals surface area contributed by atoms with Crippen LogP contribution in [0.3, 0.4) is 0 Å². The first-order chi connectivity index (χ1) is 13.6. The molecule has 0 unspecified atom stereocenters. The molecule has 2 amide bonds. The van der Waals surface area contributed by atoms with Crippen LogP contribution in [-0.2, 0) is 6.54 Å². The molecule has 2 aromatic heterocycles. The first-order valence-corrected chi connectivity index (χ1v) is 9.00. The molecule has 0 aliphatic carbocycles. The smallest absolute Gasteiger partial charge is 0.269 e. The van der Waals surface area contributed by atoms with Gasteiger partial charge in [-0.05, 0) is 17.7 Å². The van der Waals surface area contributed by atoms with Gasteiger partial charge in [0.1, 0.15) is 5.69 Å². The van der Waals surface area contributed by atoms with Crippen LogP contribution in [0.4, 0.5) is 0 Å². The van der Waals surface area contributed by atoms with Gasteiger partial charge in [0.2, 0.25) is 0 Å². The highest BCUT2D eigenvalue weighted by atomic mass is 16.2. The maximum Gasteiger partial charge on any atom is 0.269 e. The van der Waals surface area contributed by atoms with E-state index >= 15 is 0 Å². The van der Waals surface area contributed by atoms with Gasteiger partial charge in [0.25, 0.3) is 11.8 Å². The Labute approximate surface area is 163 Å². The monoisotopic (exact) mass is 378 g/mol. The standard InChI is InChI=1S/C20H22N6O2/c1-14(15-6-4-3-5-7-15)17-12-16(13-18(24-17)20(28)21-2)19(27)22-8-10-26-11-9-23-25-26/h3-7,9,11-14H,8,10H2,1-2H3,(H,21,28)(H,22,27)/t14-/m0/s1. The van der Waals surface area contributed by atoms with E-state index in [0.29, 0.717) is 24.3 Å². The van der Waals surface area contributed by atoms with Crippen LogP contribution in [0.15, 0.2) is 54.9 Å². The van der Waals surface area contributed by atoms with Crippen molar-refractivity contribution in [3.05, 3.63) is 77.4 Å². The third-order valence-electron chi connectivity index (χ3n) is 4.41. The molecule has 8 nitrogen and oxygen atoms in total. The molecule has 0 radical (unpaired) electrons. The molecular formula is C20H22N6O2. The molecule has 8 heteroatoms. The second-order valence-corrected chi connectivity index (χ2v) is 6.30. The number of nitrogens with zero attached hydrogens (tertiary/aromatic N) is 4. The van der Waals surface area contributed by atoms with Crippen molar-refractivity contribution < 1.29 is 9.59 Å². The average Bonchev–Trinajstić information content (AvgIpc) is 3.26. The van der Waals surface area contributed by atoms with E-state index in [1.807, 2.05) is 37.3 Å². The zero-order chi connectivity index (χ0) is 19.9. The number of carbonyl (C=O) groups excluding carboxylic acids is 2. The van der Waals surface area contributed by atoms with Gasteiger partial charge in [-0.3, -0.25) is 14.3 Å². The van der Waals surface area contributed by atoms with E-state index in [1.165, 1.54) is 13.1 Å². The SMILES string of the molecule is CNC(=O)c1cc(C(=O)NCCn2ccnn2)cc([C@@H](C)c2ccccc2)n1. The molecule has 144 valence electrons. The van der Waals surface area contributed by atoms with Crippen molar-refractivity contribution in [2.75, 3.05) is 13.6 Å². The van der Waals surface area contributed by atoms with Gasteiger partial charge >= 0.3 is 0 Å². The highest BCUT2D eigenvalue weighted by Gasteiger charge is 2.18. The Hall–Kier alpha value is -3.55. The minimum absolute atomic E-state index is 0.0625. The van der Waals surface area contributed by atoms with Gasteiger partial charge in [-0.15, -0.1) is 5.10 Å². The zero-order valence-electron chi connectivity index (χ0n) is 15.8. The molecule has 0 spiro atoms. The fourth-order valence-electron chi connectivity index (χ4n) is 2.80. The van der Waals surface area contributed by atoms with Crippen molar-refractivity contribution in [1.29, 1.82) is 0 Å². The molecular weight excluding hydrogens is 356 g/mol. The van der Waals surface area contributed by atoms with Crippen LogP contribution in [-0.4, -0.2) is 45.4 Å². The van der Waals surface area contributed by atoms with Crippen molar-refractivity contribution in [2.24, 2.45) is 0 Å². The summed E-state index contributed by atoms with van der Waals surface area (Å²) in [4.78, 5) is 29.2. The number of rotatable bonds is 7. The van der Waals surface area contributed by atoms with E-state index in [0.717, 1.165) is 5.56 Å². The number of hydrogen-bond donors (Lipinski definition) is 2. The third-order valence-corrected chi connectivity index (χ3v) is 4.41. The van der Waals surface area contributed by atoms with E-state index in [9.17, 15) is 9.59 Å². The molecule has 0 aliphatic rings. The number of carbonyl (C=O) groups is 2. The summed E-state index contributed by atoms with van der Waals surface area (Å²) in [7, 11) is 1.54. The summed E-state index contributed by atoms with van der Waals surface area (Å²) in [5, 5.41) is 13.0. The summed E-state index contributed by atoms with van der Waals surface area (Å²) in [5.74, 6) is -0.666. The van der Waals surface area contributed by atoms with Gasteiger partial charge in [0.15, 0.2) is 0 Å². The normalized spacial score (nSPS) is 11.6. The van der Waals surface area contributed by atoms with Gasteiger partial charge in [-0.2, -0.15) is 0 Å². The topological polar surface area (TPSA) is 102 Å². The highest BCUT2D eigenvalue weighted by molar-refractivity contribution is 5.98. The number of pyridine rings is 1. The van der Waals surface area contributed by atoms with Crippen molar-refractivity contribution in [3.63, 3.8) is 0 Å². The van der Waals surface area contributed by atoms with Gasteiger partial charge in [-0.1, -0.05) is 42.5 Å². The summed E-state index contributed by atoms with van der Waals surface area (Å²) in [6, 6.07) is 13.1. The Morgan fingerprint density at radius 1 is 1.14 bits per heavy atom. The van der Waals surface area contributed by atoms with Gasteiger partial charge in [0, 0.05) is 37.0 Å². The second kappa shape index (κ2) is 8.90. The average molecular weight is 378 g/mol. The molecule has 2 N–H and O–H groups in total. The fourth-order valence-corrected chi connectivity index (χ4v) is 2.80. The molecule has 0 saturated heterocycles. The number of benzene rings is 1. The lowest BCUT2D eigenvalue weighted by Crippen LogP contribution is -2.28. The molecule has 0 fully saturated rings. The highest BCUT2D eigenvalue weighted by Crippen LogP contribution is 2.23. The summed E-state index contributed by atoms with van der Waals surface area (Å²) in [6.45, 7) is 2.90. The van der Waals surface area contributed by atoms with Crippen molar-refractivity contribution in [1.82, 2.24) is 30.6 Å². The van der Waals surface area contributed by atoms with Crippen LogP contribution >= 0.6 is 0 Å². The van der Waals surface area contributed by atoms with E-state index in [2.05, 4.69) is 25.9 Å². The van der Waals surface area contributed by atoms with E-state index < -0.39 is 0 Å². The zero-order valence-corrected chi connectivity index (χ0v) is 15.8. The Kier molecular flexibility index (Phi) is 6.11. The van der Waals surface area contributed by atoms with Crippen LogP contribution < -0.4 is 10.6 Å². The predicted octanol–water partition coefficient (Wildman–Crippen LogP) is 1.61. The molecule has 1 aromatic carbocycles. The molecule has 2 heterocycles. The molecule has 1 atom stereocenters. The molecule has 3 aromatic rings. The molecule has 28 heavy (non-hydrogen) atoms. The Morgan fingerprint density at radius 3 is 2.61 bits per heavy atom. The Bertz CT molecular complexity index is 941. The van der Waals surface area contributed by atoms with E-state index in [4.69, 9.17) is 0 Å². The molecule has 3 rings (SSSR count). The van der Waals surface area contributed by atoms with Gasteiger partial charge < -0.3 is 10.6 Å². The third kappa shape index (κ3) is 4.59. The van der Waals surface area contributed by atoms with Gasteiger partial charge in [0.05, 0.1) is 12.7 Å². The lowest BCUT2D eigenvalue weighted by Gasteiger charge is -2.14. The Morgan fingerprint density at radius 2 is 1.93 bits per heavy atom. The van der Waals surface area contributed by atoms with Crippen molar-refractivity contribution in [2.45, 2.75) is 19.4 Å². The van der Waals surface area contributed by atoms with E-state index in [-0.39, 0.29) is 23.4 Å². The van der Waals surface area contributed by atoms with Crippen LogP contribution in [0.1, 0.15) is 44.9 Å². The quantitative estimate of drug-likeness (QED) is 0.650. The first-order valence-electron chi connectivity index (χ1n) is 9.00. The second-order valence-electron chi connectivity index (χ2n) is 6.30. The van der Waals surface area contributed by atoms with Crippen LogP contribution in [0.25, 0.3) is 0 Å². The Balaban J connectivity index is 1.82. The fraction of sp³-hybridized carbons (Fsp3) is 0.250. The summed E-state index contributed by atoms with van der Waals surface area (Å²) in [5.41, 5.74) is 2.32. The van der Waals surface area contributed by atoms with Crippen LogP contribution in [0.2, 0.25) is 0 Å². The van der Waals surface area contributed by atoms with Gasteiger partial charge in [-0.25, -0.2) is 4.98 Å². The lowest BCUT2D eigenvalue weighted by atomic mass is 9.96. The lowest BCUT2D eigenvalue weighted by molar-refractivity contribution is 0.0951. The molecule has 0 aliphatic heterocycles. The van der Waals surface area contributed by atoms with Crippen LogP contribution in [0.5, 0.6) is 0 Å². The molecule has 0 bridgehead atoms. The number of aromatic nitrogens is 4. The maximum absolute atomic E-state index is 12.6. The van der Waals surface area contributed by atoms with E-state index in [1.54, 1.807) is 23.1 Å². The predicted molar refractivity (Wildman–Crippen MR) is 104 cm³/mol. The first kappa shape index (κ1) is 19.2. The molecule has 0 saturated carbocycles. The largest absolute Gasteiger partial charge is 0.354 e. The summed E-state index contributed by atoms with van der Waals surface area (Å²) in [6.07, 6.45) is 3.31. The number of hydrogen-bond acceptors (Lipinski definition) is 5. The number of nitrogens with one attached hydrogen (secondary N) is 2. The summed E-state index contributed by atoms with van der Waals surface area (Å²) >= 11 is 0.